The normalized spacial score (nSPS) is 20.5. The Morgan fingerprint density at radius 1 is 0.957 bits per heavy atom. The number of nitrogens with zero attached hydrogens (tertiary/aromatic N) is 1. The molecule has 0 aromatic heterocycles. The lowest BCUT2D eigenvalue weighted by atomic mass is 10.0. The summed E-state index contributed by atoms with van der Waals surface area (Å²) in [6, 6.07) is 22.4. The Bertz CT molecular complexity index is 1540. The van der Waals surface area contributed by atoms with Crippen LogP contribution in [0.2, 0.25) is 0 Å². The van der Waals surface area contributed by atoms with Gasteiger partial charge in [0, 0.05) is 13.1 Å². The fourth-order valence-corrected chi connectivity index (χ4v) is 7.40. The maximum atomic E-state index is 13.8. The second kappa shape index (κ2) is 15.9. The summed E-state index contributed by atoms with van der Waals surface area (Å²) < 4.78 is 56.8. The summed E-state index contributed by atoms with van der Waals surface area (Å²) >= 11 is 0. The predicted molar refractivity (Wildman–Crippen MR) is 175 cm³/mol. The summed E-state index contributed by atoms with van der Waals surface area (Å²) in [5.41, 5.74) is 1.85. The number of benzene rings is 3. The SMILES string of the molecule is COc1ccc(S(=O)(=O)N(CC(C)C)C[C@@H](O)[C@H](Cc2ccc(OCc3ccccc3)cc2)NC(=O)OC2CO[C@H]3OCCC23)cc1. The van der Waals surface area contributed by atoms with Gasteiger partial charge in [0.2, 0.25) is 10.0 Å². The third-order valence-electron chi connectivity index (χ3n) is 8.30. The Balaban J connectivity index is 1.31. The Morgan fingerprint density at radius 3 is 2.34 bits per heavy atom. The van der Waals surface area contributed by atoms with Gasteiger partial charge in [0.1, 0.15) is 24.2 Å². The summed E-state index contributed by atoms with van der Waals surface area (Å²) in [7, 11) is -2.48. The van der Waals surface area contributed by atoms with Crippen LogP contribution in [-0.2, 0) is 37.3 Å². The molecule has 5 atom stereocenters. The number of fused-ring (bicyclic) bond motifs is 1. The van der Waals surface area contributed by atoms with Crippen molar-refractivity contribution in [2.45, 2.75) is 62.7 Å². The molecule has 3 aromatic rings. The zero-order valence-electron chi connectivity index (χ0n) is 27.0. The van der Waals surface area contributed by atoms with E-state index in [0.717, 1.165) is 17.5 Å². The quantitative estimate of drug-likeness (QED) is 0.242. The molecule has 254 valence electrons. The number of aliphatic hydroxyl groups excluding tert-OH is 1. The van der Waals surface area contributed by atoms with E-state index >= 15 is 0 Å². The number of rotatable bonds is 15. The number of alkyl carbamates (subject to hydrolysis) is 1. The average Bonchev–Trinajstić information content (AvgIpc) is 3.69. The molecule has 12 heteroatoms. The molecule has 0 radical (unpaired) electrons. The van der Waals surface area contributed by atoms with Crippen LogP contribution < -0.4 is 14.8 Å². The number of nitrogens with one attached hydrogen (secondary N) is 1. The van der Waals surface area contributed by atoms with Crippen molar-refractivity contribution in [3.05, 3.63) is 90.0 Å². The first-order valence-electron chi connectivity index (χ1n) is 15.9. The zero-order chi connectivity index (χ0) is 33.4. The van der Waals surface area contributed by atoms with Crippen molar-refractivity contribution in [2.24, 2.45) is 11.8 Å². The van der Waals surface area contributed by atoms with E-state index in [0.29, 0.717) is 24.7 Å². The molecule has 2 saturated heterocycles. The molecule has 2 N–H and O–H groups in total. The van der Waals surface area contributed by atoms with Crippen molar-refractivity contribution in [3.63, 3.8) is 0 Å². The molecule has 1 amide bonds. The average molecular weight is 669 g/mol. The van der Waals surface area contributed by atoms with Gasteiger partial charge in [-0.15, -0.1) is 0 Å². The van der Waals surface area contributed by atoms with Crippen molar-refractivity contribution in [3.8, 4) is 11.5 Å². The van der Waals surface area contributed by atoms with E-state index in [4.69, 9.17) is 23.7 Å². The van der Waals surface area contributed by atoms with Gasteiger partial charge in [0.15, 0.2) is 6.29 Å². The minimum absolute atomic E-state index is 0.0287. The van der Waals surface area contributed by atoms with Gasteiger partial charge in [-0.1, -0.05) is 56.3 Å². The van der Waals surface area contributed by atoms with Gasteiger partial charge in [0.25, 0.3) is 0 Å². The highest BCUT2D eigenvalue weighted by molar-refractivity contribution is 7.89. The molecule has 2 aliphatic rings. The lowest BCUT2D eigenvalue weighted by Gasteiger charge is -2.31. The molecule has 2 fully saturated rings. The summed E-state index contributed by atoms with van der Waals surface area (Å²) in [5.74, 6) is 1.12. The van der Waals surface area contributed by atoms with Crippen LogP contribution in [0, 0.1) is 11.8 Å². The predicted octanol–water partition coefficient (Wildman–Crippen LogP) is 4.38. The van der Waals surface area contributed by atoms with Crippen molar-refractivity contribution >= 4 is 16.1 Å². The van der Waals surface area contributed by atoms with Crippen molar-refractivity contribution in [1.82, 2.24) is 9.62 Å². The largest absolute Gasteiger partial charge is 0.497 e. The summed E-state index contributed by atoms with van der Waals surface area (Å²) in [6.07, 6.45) is -1.92. The Morgan fingerprint density at radius 2 is 1.66 bits per heavy atom. The Hall–Kier alpha value is -3.68. The topological polar surface area (TPSA) is 133 Å². The number of carbonyl (C=O) groups is 1. The maximum absolute atomic E-state index is 13.8. The Labute approximate surface area is 276 Å². The summed E-state index contributed by atoms with van der Waals surface area (Å²) in [5, 5.41) is 14.4. The number of carbonyl (C=O) groups excluding carboxylic acids is 1. The number of methoxy groups -OCH3 is 1. The van der Waals surface area contributed by atoms with E-state index in [2.05, 4.69) is 5.32 Å². The Kier molecular flexibility index (Phi) is 11.8. The molecule has 2 unspecified atom stereocenters. The highest BCUT2D eigenvalue weighted by Crippen LogP contribution is 2.33. The second-order valence-electron chi connectivity index (χ2n) is 12.3. The van der Waals surface area contributed by atoms with E-state index in [9.17, 15) is 18.3 Å². The zero-order valence-corrected chi connectivity index (χ0v) is 27.8. The van der Waals surface area contributed by atoms with Crippen molar-refractivity contribution < 1.29 is 42.0 Å². The molecule has 2 aliphatic heterocycles. The maximum Gasteiger partial charge on any atom is 0.407 e. The number of hydrogen-bond acceptors (Lipinski definition) is 9. The molecule has 11 nitrogen and oxygen atoms in total. The van der Waals surface area contributed by atoms with Crippen LogP contribution in [0.3, 0.4) is 0 Å². The van der Waals surface area contributed by atoms with Gasteiger partial charge in [-0.05, 0) is 66.3 Å². The van der Waals surface area contributed by atoms with Crippen molar-refractivity contribution in [2.75, 3.05) is 33.4 Å². The molecule has 3 aromatic carbocycles. The second-order valence-corrected chi connectivity index (χ2v) is 14.2. The van der Waals surface area contributed by atoms with Gasteiger partial charge >= 0.3 is 6.09 Å². The highest BCUT2D eigenvalue weighted by Gasteiger charge is 2.44. The smallest absolute Gasteiger partial charge is 0.407 e. The first-order chi connectivity index (χ1) is 22.6. The van der Waals surface area contributed by atoms with Crippen LogP contribution in [0.5, 0.6) is 11.5 Å². The number of sulfonamides is 1. The minimum Gasteiger partial charge on any atom is -0.497 e. The van der Waals surface area contributed by atoms with Gasteiger partial charge in [-0.3, -0.25) is 0 Å². The van der Waals surface area contributed by atoms with Crippen LogP contribution in [0.4, 0.5) is 4.79 Å². The van der Waals surface area contributed by atoms with Gasteiger partial charge < -0.3 is 34.1 Å². The fraction of sp³-hybridized carbons (Fsp3) is 0.457. The molecule has 47 heavy (non-hydrogen) atoms. The lowest BCUT2D eigenvalue weighted by molar-refractivity contribution is -0.0907. The standard InChI is InChI=1S/C35H44N2O9S/c1-24(2)20-37(47(40,41)29-15-13-27(42-3)14-16-29)21-32(38)31(36-35(39)46-33-23-45-34-30(33)17-18-43-34)19-25-9-11-28(12-10-25)44-22-26-7-5-4-6-8-26/h4-16,24,30-34,38H,17-23H2,1-3H3,(H,36,39)/t30?,31-,32+,33?,34+/m0/s1. The van der Waals surface area contributed by atoms with Crippen LogP contribution >= 0.6 is 0 Å². The fourth-order valence-electron chi connectivity index (χ4n) is 5.78. The molecule has 2 heterocycles. The molecule has 5 rings (SSSR count). The molecule has 0 spiro atoms. The third kappa shape index (κ3) is 9.23. The summed E-state index contributed by atoms with van der Waals surface area (Å²) in [4.78, 5) is 13.3. The molecule has 0 bridgehead atoms. The van der Waals surface area contributed by atoms with Crippen LogP contribution in [-0.4, -0.2) is 81.9 Å². The first kappa shape index (κ1) is 34.6. The molecular weight excluding hydrogens is 624 g/mol. The van der Waals surface area contributed by atoms with E-state index < -0.39 is 34.4 Å². The van der Waals surface area contributed by atoms with Gasteiger partial charge in [-0.2, -0.15) is 4.31 Å². The van der Waals surface area contributed by atoms with E-state index in [1.165, 1.54) is 23.5 Å². The molecule has 0 saturated carbocycles. The van der Waals surface area contributed by atoms with Crippen LogP contribution in [0.1, 0.15) is 31.4 Å². The lowest BCUT2D eigenvalue weighted by Crippen LogP contribution is -2.51. The van der Waals surface area contributed by atoms with Crippen molar-refractivity contribution in [1.29, 1.82) is 0 Å². The van der Waals surface area contributed by atoms with E-state index in [-0.39, 0.29) is 49.1 Å². The summed E-state index contributed by atoms with van der Waals surface area (Å²) in [6.45, 7) is 4.91. The number of amides is 1. The van der Waals surface area contributed by atoms with Crippen LogP contribution in [0.25, 0.3) is 0 Å². The first-order valence-corrected chi connectivity index (χ1v) is 17.3. The van der Waals surface area contributed by atoms with Gasteiger partial charge in [-0.25, -0.2) is 13.2 Å². The highest BCUT2D eigenvalue weighted by atomic mass is 32.2. The van der Waals surface area contributed by atoms with Crippen LogP contribution in [0.15, 0.2) is 83.8 Å². The number of hydrogen-bond donors (Lipinski definition) is 2. The number of aliphatic hydroxyl groups is 1. The number of ether oxygens (including phenoxy) is 5. The van der Waals surface area contributed by atoms with E-state index in [1.54, 1.807) is 12.1 Å². The minimum atomic E-state index is -3.99. The third-order valence-corrected chi connectivity index (χ3v) is 10.1. The molecule has 0 aliphatic carbocycles. The monoisotopic (exact) mass is 668 g/mol. The van der Waals surface area contributed by atoms with Gasteiger partial charge in [0.05, 0.1) is 43.3 Å². The van der Waals surface area contributed by atoms with E-state index in [1.807, 2.05) is 68.4 Å². The molecular formula is C35H44N2O9S.